The summed E-state index contributed by atoms with van der Waals surface area (Å²) < 4.78 is 25.0. The van der Waals surface area contributed by atoms with E-state index in [1.807, 2.05) is 0 Å². The molecule has 1 fully saturated rings. The van der Waals surface area contributed by atoms with E-state index in [0.29, 0.717) is 6.42 Å². The molecule has 4 heteroatoms. The summed E-state index contributed by atoms with van der Waals surface area (Å²) in [5.41, 5.74) is 10.8. The predicted octanol–water partition coefficient (Wildman–Crippen LogP) is 0.460. The van der Waals surface area contributed by atoms with Gasteiger partial charge in [0.15, 0.2) is 0 Å². The van der Waals surface area contributed by atoms with Gasteiger partial charge < -0.3 is 11.5 Å². The van der Waals surface area contributed by atoms with Crippen LogP contribution in [0.4, 0.5) is 8.78 Å². The summed E-state index contributed by atoms with van der Waals surface area (Å²) in [7, 11) is 0. The summed E-state index contributed by atoms with van der Waals surface area (Å²) >= 11 is 0. The Kier molecular flexibility index (Phi) is 1.92. The molecule has 0 aromatic rings. The molecule has 10 heavy (non-hydrogen) atoms. The Morgan fingerprint density at radius 3 is 2.20 bits per heavy atom. The van der Waals surface area contributed by atoms with Crippen LogP contribution in [-0.2, 0) is 0 Å². The highest BCUT2D eigenvalue weighted by molar-refractivity contribution is 4.88. The van der Waals surface area contributed by atoms with Gasteiger partial charge in [0.05, 0.1) is 0 Å². The van der Waals surface area contributed by atoms with Crippen LogP contribution in [0.1, 0.15) is 19.3 Å². The molecular formula is C6H12F2N2. The van der Waals surface area contributed by atoms with Crippen molar-refractivity contribution in [2.24, 2.45) is 11.5 Å². The van der Waals surface area contributed by atoms with Crippen molar-refractivity contribution in [1.29, 1.82) is 0 Å². The lowest BCUT2D eigenvalue weighted by Gasteiger charge is -2.31. The van der Waals surface area contributed by atoms with E-state index in [-0.39, 0.29) is 18.9 Å². The first-order valence-electron chi connectivity index (χ1n) is 3.40. The zero-order chi connectivity index (χ0) is 7.78. The van der Waals surface area contributed by atoms with E-state index in [9.17, 15) is 8.78 Å². The Morgan fingerprint density at radius 2 is 1.80 bits per heavy atom. The first kappa shape index (κ1) is 7.88. The molecule has 1 saturated carbocycles. The van der Waals surface area contributed by atoms with Gasteiger partial charge in [-0.05, 0) is 6.42 Å². The van der Waals surface area contributed by atoms with Crippen molar-refractivity contribution in [1.82, 2.24) is 0 Å². The zero-order valence-corrected chi connectivity index (χ0v) is 5.69. The Morgan fingerprint density at radius 1 is 1.20 bits per heavy atom. The van der Waals surface area contributed by atoms with E-state index in [1.54, 1.807) is 0 Å². The van der Waals surface area contributed by atoms with Gasteiger partial charge in [-0.15, -0.1) is 0 Å². The van der Waals surface area contributed by atoms with Gasteiger partial charge in [-0.1, -0.05) is 0 Å². The highest BCUT2D eigenvalue weighted by Crippen LogP contribution is 2.31. The van der Waals surface area contributed by atoms with E-state index in [4.69, 9.17) is 11.5 Å². The minimum absolute atomic E-state index is 0.109. The van der Waals surface area contributed by atoms with Crippen molar-refractivity contribution < 1.29 is 8.78 Å². The molecule has 0 aromatic carbocycles. The minimum Gasteiger partial charge on any atom is -0.326 e. The highest BCUT2D eigenvalue weighted by atomic mass is 19.3. The summed E-state index contributed by atoms with van der Waals surface area (Å²) in [5, 5.41) is 0. The highest BCUT2D eigenvalue weighted by Gasteiger charge is 2.38. The normalized spacial score (nSPS) is 39.6. The number of rotatable bonds is 0. The van der Waals surface area contributed by atoms with Crippen molar-refractivity contribution in [3.8, 4) is 0 Å². The van der Waals surface area contributed by atoms with Gasteiger partial charge in [0.2, 0.25) is 5.92 Å². The molecule has 0 amide bonds. The van der Waals surface area contributed by atoms with Crippen LogP contribution in [0.2, 0.25) is 0 Å². The molecule has 0 radical (unpaired) electrons. The third-order valence-corrected chi connectivity index (χ3v) is 1.93. The second-order valence-corrected chi connectivity index (χ2v) is 2.93. The number of alkyl halides is 2. The van der Waals surface area contributed by atoms with Crippen LogP contribution in [0.25, 0.3) is 0 Å². The van der Waals surface area contributed by atoms with Gasteiger partial charge in [0.1, 0.15) is 0 Å². The predicted molar refractivity (Wildman–Crippen MR) is 34.7 cm³/mol. The Bertz CT molecular complexity index is 127. The smallest absolute Gasteiger partial charge is 0.249 e. The van der Waals surface area contributed by atoms with Gasteiger partial charge in [-0.2, -0.15) is 0 Å². The zero-order valence-electron chi connectivity index (χ0n) is 5.69. The lowest BCUT2D eigenvalue weighted by Crippen LogP contribution is -2.49. The third-order valence-electron chi connectivity index (χ3n) is 1.93. The molecule has 2 atom stereocenters. The molecule has 0 spiro atoms. The Balaban J connectivity index is 2.49. The number of hydrogen-bond acceptors (Lipinski definition) is 2. The second-order valence-electron chi connectivity index (χ2n) is 2.93. The van der Waals surface area contributed by atoms with Crippen LogP contribution >= 0.6 is 0 Å². The van der Waals surface area contributed by atoms with Crippen LogP contribution in [0.5, 0.6) is 0 Å². The lowest BCUT2D eigenvalue weighted by atomic mass is 9.89. The summed E-state index contributed by atoms with van der Waals surface area (Å²) in [6.45, 7) is 0. The molecule has 4 N–H and O–H groups in total. The Hall–Kier alpha value is -0.220. The summed E-state index contributed by atoms with van der Waals surface area (Å²) in [5.74, 6) is -2.57. The molecule has 60 valence electrons. The van der Waals surface area contributed by atoms with Crippen molar-refractivity contribution in [2.75, 3.05) is 0 Å². The molecule has 0 heterocycles. The maximum absolute atomic E-state index is 12.5. The average molecular weight is 150 g/mol. The minimum atomic E-state index is -2.57. The number of nitrogens with two attached hydrogens (primary N) is 2. The molecule has 0 aromatic heterocycles. The second kappa shape index (κ2) is 2.43. The van der Waals surface area contributed by atoms with Crippen LogP contribution in [-0.4, -0.2) is 18.0 Å². The Labute approximate surface area is 58.6 Å². The molecule has 1 aliphatic rings. The van der Waals surface area contributed by atoms with Crippen molar-refractivity contribution in [2.45, 2.75) is 37.3 Å². The SMILES string of the molecule is NC1CCC(F)(F)CC1N. The molecule has 0 bridgehead atoms. The first-order chi connectivity index (χ1) is 4.51. The van der Waals surface area contributed by atoms with Gasteiger partial charge in [0.25, 0.3) is 0 Å². The quantitative estimate of drug-likeness (QED) is 0.527. The maximum Gasteiger partial charge on any atom is 0.249 e. The molecule has 0 saturated heterocycles. The van der Waals surface area contributed by atoms with Gasteiger partial charge in [-0.25, -0.2) is 8.78 Å². The molecule has 0 aliphatic heterocycles. The summed E-state index contributed by atoms with van der Waals surface area (Å²) in [6.07, 6.45) is -0.0236. The van der Waals surface area contributed by atoms with Gasteiger partial charge in [-0.3, -0.25) is 0 Å². The number of hydrogen-bond donors (Lipinski definition) is 2. The number of halogens is 2. The van der Waals surface area contributed by atoms with Crippen LogP contribution in [0.15, 0.2) is 0 Å². The largest absolute Gasteiger partial charge is 0.326 e. The lowest BCUT2D eigenvalue weighted by molar-refractivity contribution is -0.0439. The monoisotopic (exact) mass is 150 g/mol. The van der Waals surface area contributed by atoms with E-state index in [0.717, 1.165) is 0 Å². The average Bonchev–Trinajstić information content (AvgIpc) is 1.79. The van der Waals surface area contributed by atoms with E-state index in [2.05, 4.69) is 0 Å². The van der Waals surface area contributed by atoms with Crippen molar-refractivity contribution in [3.63, 3.8) is 0 Å². The molecule has 1 aliphatic carbocycles. The maximum atomic E-state index is 12.5. The standard InChI is InChI=1S/C6H12F2N2/c7-6(8)2-1-4(9)5(10)3-6/h4-5H,1-3,9-10H2. The van der Waals surface area contributed by atoms with Gasteiger partial charge >= 0.3 is 0 Å². The first-order valence-corrected chi connectivity index (χ1v) is 3.40. The molecule has 1 rings (SSSR count). The fraction of sp³-hybridized carbons (Fsp3) is 1.00. The fourth-order valence-corrected chi connectivity index (χ4v) is 1.19. The van der Waals surface area contributed by atoms with Gasteiger partial charge in [0, 0.05) is 24.9 Å². The summed E-state index contributed by atoms with van der Waals surface area (Å²) in [6, 6.07) is -0.761. The van der Waals surface area contributed by atoms with Crippen LogP contribution in [0, 0.1) is 0 Å². The van der Waals surface area contributed by atoms with Crippen molar-refractivity contribution >= 4 is 0 Å². The molecule has 2 nitrogen and oxygen atoms in total. The van der Waals surface area contributed by atoms with Crippen LogP contribution in [0.3, 0.4) is 0 Å². The summed E-state index contributed by atoms with van der Waals surface area (Å²) in [4.78, 5) is 0. The van der Waals surface area contributed by atoms with Crippen molar-refractivity contribution in [3.05, 3.63) is 0 Å². The van der Waals surface area contributed by atoms with E-state index >= 15 is 0 Å². The van der Waals surface area contributed by atoms with E-state index < -0.39 is 12.0 Å². The molecular weight excluding hydrogens is 138 g/mol. The topological polar surface area (TPSA) is 52.0 Å². The molecule has 2 unspecified atom stereocenters. The van der Waals surface area contributed by atoms with E-state index in [1.165, 1.54) is 0 Å². The fourth-order valence-electron chi connectivity index (χ4n) is 1.19. The third kappa shape index (κ3) is 1.64. The van der Waals surface area contributed by atoms with Crippen LogP contribution < -0.4 is 11.5 Å².